The molecule has 7 heteroatoms. The molecule has 1 aliphatic heterocycles. The van der Waals surface area contributed by atoms with E-state index in [-0.39, 0.29) is 5.91 Å². The van der Waals surface area contributed by atoms with Crippen LogP contribution in [-0.4, -0.2) is 66.7 Å². The second-order valence-corrected chi connectivity index (χ2v) is 5.72. The summed E-state index contributed by atoms with van der Waals surface area (Å²) in [6, 6.07) is 7.82. The molecule has 7 nitrogen and oxygen atoms in total. The van der Waals surface area contributed by atoms with Gasteiger partial charge in [-0.2, -0.15) is 0 Å². The monoisotopic (exact) mass is 329 g/mol. The molecular formula is C17H23N5O2. The summed E-state index contributed by atoms with van der Waals surface area (Å²) in [5.41, 5.74) is 0.893. The molecule has 1 aliphatic rings. The Labute approximate surface area is 141 Å². The minimum absolute atomic E-state index is 0.0501. The second kappa shape index (κ2) is 8.56. The first-order chi connectivity index (χ1) is 11.8. The van der Waals surface area contributed by atoms with Crippen LogP contribution in [0.2, 0.25) is 0 Å². The Morgan fingerprint density at radius 1 is 1.17 bits per heavy atom. The van der Waals surface area contributed by atoms with Gasteiger partial charge in [-0.3, -0.25) is 9.69 Å². The second-order valence-electron chi connectivity index (χ2n) is 5.72. The third-order valence-electron chi connectivity index (χ3n) is 4.04. The number of para-hydroxylation sites is 1. The number of morpholine rings is 1. The van der Waals surface area contributed by atoms with Crippen LogP contribution in [0.25, 0.3) is 10.9 Å². The summed E-state index contributed by atoms with van der Waals surface area (Å²) in [4.78, 5) is 22.7. The van der Waals surface area contributed by atoms with Crippen LogP contribution < -0.4 is 10.6 Å². The van der Waals surface area contributed by atoms with Crippen LogP contribution in [-0.2, 0) is 9.53 Å². The molecule has 1 saturated heterocycles. The van der Waals surface area contributed by atoms with Crippen molar-refractivity contribution < 1.29 is 9.53 Å². The molecule has 24 heavy (non-hydrogen) atoms. The van der Waals surface area contributed by atoms with E-state index in [1.165, 1.54) is 6.33 Å². The Hall–Kier alpha value is -2.25. The van der Waals surface area contributed by atoms with Crippen molar-refractivity contribution >= 4 is 22.6 Å². The molecule has 1 fully saturated rings. The zero-order valence-corrected chi connectivity index (χ0v) is 13.7. The average Bonchev–Trinajstić information content (AvgIpc) is 2.63. The Kier molecular flexibility index (Phi) is 5.92. The van der Waals surface area contributed by atoms with E-state index < -0.39 is 0 Å². The van der Waals surface area contributed by atoms with Gasteiger partial charge < -0.3 is 15.4 Å². The van der Waals surface area contributed by atoms with E-state index in [2.05, 4.69) is 25.5 Å². The van der Waals surface area contributed by atoms with Crippen LogP contribution in [0.4, 0.5) is 5.82 Å². The summed E-state index contributed by atoms with van der Waals surface area (Å²) in [5.74, 6) is 0.816. The molecule has 2 N–H and O–H groups in total. The lowest BCUT2D eigenvalue weighted by molar-refractivity contribution is -0.120. The van der Waals surface area contributed by atoms with Crippen LogP contribution in [0.15, 0.2) is 30.6 Å². The number of benzene rings is 1. The molecule has 1 aromatic heterocycles. The van der Waals surface area contributed by atoms with Crippen molar-refractivity contribution in [2.75, 3.05) is 51.3 Å². The summed E-state index contributed by atoms with van der Waals surface area (Å²) in [5, 5.41) is 7.14. The molecule has 1 aromatic carbocycles. The van der Waals surface area contributed by atoms with Gasteiger partial charge in [-0.25, -0.2) is 9.97 Å². The fraction of sp³-hybridized carbons (Fsp3) is 0.471. The van der Waals surface area contributed by atoms with Crippen LogP contribution in [0, 0.1) is 0 Å². The molecule has 3 rings (SSSR count). The van der Waals surface area contributed by atoms with Gasteiger partial charge in [0.25, 0.3) is 0 Å². The van der Waals surface area contributed by atoms with E-state index in [1.807, 2.05) is 24.3 Å². The van der Waals surface area contributed by atoms with Crippen LogP contribution >= 0.6 is 0 Å². The van der Waals surface area contributed by atoms with Crippen molar-refractivity contribution in [2.24, 2.45) is 0 Å². The molecule has 0 radical (unpaired) electrons. The van der Waals surface area contributed by atoms with Gasteiger partial charge in [-0.1, -0.05) is 12.1 Å². The number of fused-ring (bicyclic) bond motifs is 1. The number of hydrogen-bond donors (Lipinski definition) is 2. The normalized spacial score (nSPS) is 15.3. The van der Waals surface area contributed by atoms with Gasteiger partial charge in [0.2, 0.25) is 5.91 Å². The zero-order valence-electron chi connectivity index (χ0n) is 13.7. The van der Waals surface area contributed by atoms with Crippen LogP contribution in [0.5, 0.6) is 0 Å². The number of nitrogens with one attached hydrogen (secondary N) is 2. The Balaban J connectivity index is 1.38. The van der Waals surface area contributed by atoms with Gasteiger partial charge in [0.1, 0.15) is 12.1 Å². The quantitative estimate of drug-likeness (QED) is 0.785. The molecule has 0 aliphatic carbocycles. The van der Waals surface area contributed by atoms with Crippen molar-refractivity contribution in [3.8, 4) is 0 Å². The van der Waals surface area contributed by atoms with Gasteiger partial charge >= 0.3 is 0 Å². The van der Waals surface area contributed by atoms with Crippen molar-refractivity contribution in [3.63, 3.8) is 0 Å². The molecule has 0 unspecified atom stereocenters. The molecule has 0 atom stereocenters. The summed E-state index contributed by atoms with van der Waals surface area (Å²) >= 11 is 0. The highest BCUT2D eigenvalue weighted by molar-refractivity contribution is 5.88. The van der Waals surface area contributed by atoms with Gasteiger partial charge in [0, 0.05) is 44.5 Å². The van der Waals surface area contributed by atoms with E-state index in [0.29, 0.717) is 19.5 Å². The van der Waals surface area contributed by atoms with E-state index in [0.717, 1.165) is 49.6 Å². The maximum absolute atomic E-state index is 11.9. The number of nitrogens with zero attached hydrogens (tertiary/aromatic N) is 3. The highest BCUT2D eigenvalue weighted by atomic mass is 16.5. The lowest BCUT2D eigenvalue weighted by Gasteiger charge is -2.26. The maximum Gasteiger partial charge on any atom is 0.221 e. The number of anilines is 1. The molecule has 2 heterocycles. The van der Waals surface area contributed by atoms with E-state index in [9.17, 15) is 4.79 Å². The van der Waals surface area contributed by atoms with E-state index in [4.69, 9.17) is 4.74 Å². The first-order valence-electron chi connectivity index (χ1n) is 8.33. The average molecular weight is 329 g/mol. The van der Waals surface area contributed by atoms with Crippen molar-refractivity contribution in [1.82, 2.24) is 20.2 Å². The summed E-state index contributed by atoms with van der Waals surface area (Å²) in [7, 11) is 0. The molecule has 128 valence electrons. The lowest BCUT2D eigenvalue weighted by atomic mass is 10.2. The first kappa shape index (κ1) is 16.6. The largest absolute Gasteiger partial charge is 0.379 e. The fourth-order valence-corrected chi connectivity index (χ4v) is 2.71. The Morgan fingerprint density at radius 3 is 2.88 bits per heavy atom. The molecule has 1 amide bonds. The zero-order chi connectivity index (χ0) is 16.6. The first-order valence-corrected chi connectivity index (χ1v) is 8.33. The highest BCUT2D eigenvalue weighted by Gasteiger charge is 2.10. The smallest absolute Gasteiger partial charge is 0.221 e. The van der Waals surface area contributed by atoms with Crippen LogP contribution in [0.1, 0.15) is 6.42 Å². The summed E-state index contributed by atoms with van der Waals surface area (Å²) in [6.07, 6.45) is 1.95. The third kappa shape index (κ3) is 4.62. The summed E-state index contributed by atoms with van der Waals surface area (Å²) in [6.45, 7) is 5.55. The predicted octanol–water partition coefficient (Wildman–Crippen LogP) is 0.880. The molecule has 2 aromatic rings. The third-order valence-corrected chi connectivity index (χ3v) is 4.04. The Bertz CT molecular complexity index is 668. The van der Waals surface area contributed by atoms with Gasteiger partial charge in [0.05, 0.1) is 18.7 Å². The molecule has 0 saturated carbocycles. The fourth-order valence-electron chi connectivity index (χ4n) is 2.71. The number of ether oxygens (including phenoxy) is 1. The van der Waals surface area contributed by atoms with Gasteiger partial charge in [-0.15, -0.1) is 0 Å². The van der Waals surface area contributed by atoms with E-state index >= 15 is 0 Å². The number of aromatic nitrogens is 2. The molecular weight excluding hydrogens is 306 g/mol. The standard InChI is InChI=1S/C17H23N5O2/c23-16(18-7-8-22-9-11-24-12-10-22)5-6-19-17-14-3-1-2-4-15(14)20-13-21-17/h1-4,13H,5-12H2,(H,18,23)(H,19,20,21). The number of hydrogen-bond acceptors (Lipinski definition) is 6. The number of amides is 1. The SMILES string of the molecule is O=C(CCNc1ncnc2ccccc12)NCCN1CCOCC1. The summed E-state index contributed by atoms with van der Waals surface area (Å²) < 4.78 is 5.31. The maximum atomic E-state index is 11.9. The Morgan fingerprint density at radius 2 is 2.00 bits per heavy atom. The van der Waals surface area contributed by atoms with Crippen molar-refractivity contribution in [2.45, 2.75) is 6.42 Å². The highest BCUT2D eigenvalue weighted by Crippen LogP contribution is 2.17. The predicted molar refractivity (Wildman–Crippen MR) is 92.9 cm³/mol. The minimum Gasteiger partial charge on any atom is -0.379 e. The number of carbonyl (C=O) groups excluding carboxylic acids is 1. The van der Waals surface area contributed by atoms with Gasteiger partial charge in [-0.05, 0) is 12.1 Å². The van der Waals surface area contributed by atoms with Crippen molar-refractivity contribution in [1.29, 1.82) is 0 Å². The topological polar surface area (TPSA) is 79.4 Å². The number of rotatable bonds is 7. The molecule has 0 spiro atoms. The minimum atomic E-state index is 0.0501. The van der Waals surface area contributed by atoms with Gasteiger partial charge in [0.15, 0.2) is 0 Å². The lowest BCUT2D eigenvalue weighted by Crippen LogP contribution is -2.41. The van der Waals surface area contributed by atoms with Crippen LogP contribution in [0.3, 0.4) is 0 Å². The molecule has 0 bridgehead atoms. The van der Waals surface area contributed by atoms with E-state index in [1.54, 1.807) is 0 Å². The van der Waals surface area contributed by atoms with Crippen molar-refractivity contribution in [3.05, 3.63) is 30.6 Å². The number of carbonyl (C=O) groups is 1.